The predicted octanol–water partition coefficient (Wildman–Crippen LogP) is 5.88. The van der Waals surface area contributed by atoms with Gasteiger partial charge in [-0.25, -0.2) is 9.67 Å². The number of pyridine rings is 1. The number of carbonyl (C=O) groups excluding carboxylic acids is 1. The van der Waals surface area contributed by atoms with Crippen molar-refractivity contribution in [2.75, 3.05) is 36.9 Å². The Hall–Kier alpha value is -3.92. The summed E-state index contributed by atoms with van der Waals surface area (Å²) in [4.78, 5) is 26.1. The average Bonchev–Trinajstić information content (AvgIpc) is 3.71. The lowest BCUT2D eigenvalue weighted by molar-refractivity contribution is 0.102. The standard InChI is InChI=1S/C34H44N8O2/c1-22-16-26-17-29(37-22)28-19-35-40(3)33(28)44-15-7-8-25(24-9-10-24)21-42-31-12-11-27(18-30(31)38-34(42)39-32(26)43)36-23(2)20-41-13-5-4-6-14-41/h11-12,16-19,23-25,36H,4-10,13-15,20-21H2,1-3H3,(H,38,39,43)/t23-,25+/m0/s1. The Morgan fingerprint density at radius 3 is 2.70 bits per heavy atom. The second-order valence-corrected chi connectivity index (χ2v) is 13.1. The van der Waals surface area contributed by atoms with Crippen LogP contribution in [0, 0.1) is 18.8 Å². The van der Waals surface area contributed by atoms with Gasteiger partial charge in [-0.05, 0) is 108 Å². The molecule has 5 heterocycles. The van der Waals surface area contributed by atoms with Crippen LogP contribution >= 0.6 is 0 Å². The lowest BCUT2D eigenvalue weighted by Crippen LogP contribution is -2.38. The SMILES string of the molecule is Cc1cc2cc(n1)-c1cnn(C)c1OCCC[C@@H](C1CC1)Cn1c(nc3cc(N[C@@H](C)CN4CCCCC4)ccc31)NC2=O. The van der Waals surface area contributed by atoms with Crippen LogP contribution in [0.5, 0.6) is 5.88 Å². The second-order valence-electron chi connectivity index (χ2n) is 13.1. The molecule has 7 rings (SSSR count). The van der Waals surface area contributed by atoms with Gasteiger partial charge in [-0.3, -0.25) is 15.1 Å². The van der Waals surface area contributed by atoms with Crippen molar-refractivity contribution in [3.05, 3.63) is 47.8 Å². The Morgan fingerprint density at radius 1 is 1.05 bits per heavy atom. The number of fused-ring (bicyclic) bond motifs is 7. The van der Waals surface area contributed by atoms with Crippen LogP contribution in [0.25, 0.3) is 22.3 Å². The molecule has 2 N–H and O–H groups in total. The van der Waals surface area contributed by atoms with Crippen LogP contribution < -0.4 is 15.4 Å². The van der Waals surface area contributed by atoms with E-state index in [0.29, 0.717) is 47.6 Å². The van der Waals surface area contributed by atoms with Crippen molar-refractivity contribution in [2.45, 2.75) is 71.4 Å². The topological polar surface area (TPSA) is 102 Å². The van der Waals surface area contributed by atoms with Gasteiger partial charge in [-0.15, -0.1) is 0 Å². The van der Waals surface area contributed by atoms with Crippen molar-refractivity contribution in [2.24, 2.45) is 18.9 Å². The van der Waals surface area contributed by atoms with E-state index in [-0.39, 0.29) is 5.91 Å². The molecule has 0 spiro atoms. The van der Waals surface area contributed by atoms with E-state index in [1.807, 2.05) is 26.1 Å². The number of likely N-dealkylation sites (tertiary alicyclic amines) is 1. The zero-order valence-corrected chi connectivity index (χ0v) is 26.2. The first kappa shape index (κ1) is 28.8. The molecule has 4 aromatic rings. The third-order valence-electron chi connectivity index (χ3n) is 9.41. The van der Waals surface area contributed by atoms with E-state index in [0.717, 1.165) is 53.9 Å². The molecule has 1 saturated heterocycles. The van der Waals surface area contributed by atoms with Crippen molar-refractivity contribution in [1.29, 1.82) is 0 Å². The fourth-order valence-electron chi connectivity index (χ4n) is 7.04. The molecular weight excluding hydrogens is 552 g/mol. The number of benzene rings is 1. The van der Waals surface area contributed by atoms with Gasteiger partial charge in [0, 0.05) is 43.1 Å². The number of nitrogens with zero attached hydrogens (tertiary/aromatic N) is 6. The van der Waals surface area contributed by atoms with Crippen molar-refractivity contribution in [3.8, 4) is 17.1 Å². The number of hydrogen-bond acceptors (Lipinski definition) is 7. The van der Waals surface area contributed by atoms with Crippen LogP contribution in [0.4, 0.5) is 11.6 Å². The fraction of sp³-hybridized carbons (Fsp3) is 0.529. The number of imidazole rings is 1. The smallest absolute Gasteiger partial charge is 0.258 e. The van der Waals surface area contributed by atoms with E-state index < -0.39 is 0 Å². The number of piperidine rings is 1. The summed E-state index contributed by atoms with van der Waals surface area (Å²) < 4.78 is 10.3. The van der Waals surface area contributed by atoms with Crippen LogP contribution in [0.15, 0.2) is 36.5 Å². The van der Waals surface area contributed by atoms with Crippen LogP contribution in [-0.4, -0.2) is 67.4 Å². The Morgan fingerprint density at radius 2 is 1.89 bits per heavy atom. The summed E-state index contributed by atoms with van der Waals surface area (Å²) in [5.74, 6) is 2.25. The number of aryl methyl sites for hydroxylation is 2. The van der Waals surface area contributed by atoms with Gasteiger partial charge in [0.25, 0.3) is 5.91 Å². The van der Waals surface area contributed by atoms with Gasteiger partial charge >= 0.3 is 0 Å². The molecule has 10 nitrogen and oxygen atoms in total. The molecule has 1 aliphatic carbocycles. The number of rotatable bonds is 5. The molecule has 0 radical (unpaired) electrons. The average molecular weight is 597 g/mol. The maximum Gasteiger partial charge on any atom is 0.258 e. The van der Waals surface area contributed by atoms with Crippen molar-refractivity contribution in [3.63, 3.8) is 0 Å². The van der Waals surface area contributed by atoms with E-state index in [1.54, 1.807) is 10.9 Å². The quantitative estimate of drug-likeness (QED) is 0.297. The summed E-state index contributed by atoms with van der Waals surface area (Å²) >= 11 is 0. The maximum atomic E-state index is 13.8. The Kier molecular flexibility index (Phi) is 8.01. The zero-order chi connectivity index (χ0) is 30.2. The predicted molar refractivity (Wildman–Crippen MR) is 173 cm³/mol. The summed E-state index contributed by atoms with van der Waals surface area (Å²) in [6.07, 6.45) is 10.2. The first-order valence-corrected chi connectivity index (χ1v) is 16.4. The lowest BCUT2D eigenvalue weighted by atomic mass is 9.97. The molecule has 10 heteroatoms. The first-order chi connectivity index (χ1) is 21.4. The summed E-state index contributed by atoms with van der Waals surface area (Å²) in [5, 5.41) is 11.3. The summed E-state index contributed by atoms with van der Waals surface area (Å²) in [6, 6.07) is 10.4. The number of hydrogen-bond donors (Lipinski definition) is 2. The fourth-order valence-corrected chi connectivity index (χ4v) is 7.04. The zero-order valence-electron chi connectivity index (χ0n) is 26.2. The molecule has 44 heavy (non-hydrogen) atoms. The van der Waals surface area contributed by atoms with Crippen LogP contribution in [0.1, 0.15) is 67.9 Å². The van der Waals surface area contributed by atoms with Gasteiger partial charge < -0.3 is 19.5 Å². The minimum absolute atomic E-state index is 0.203. The van der Waals surface area contributed by atoms with E-state index in [9.17, 15) is 4.79 Å². The monoisotopic (exact) mass is 596 g/mol. The normalized spacial score (nSPS) is 20.5. The van der Waals surface area contributed by atoms with Crippen molar-refractivity contribution < 1.29 is 9.53 Å². The van der Waals surface area contributed by atoms with Crippen molar-refractivity contribution in [1.82, 2.24) is 29.2 Å². The Balaban J connectivity index is 1.22. The highest BCUT2D eigenvalue weighted by Crippen LogP contribution is 2.41. The highest BCUT2D eigenvalue weighted by atomic mass is 16.5. The molecule has 2 fully saturated rings. The highest BCUT2D eigenvalue weighted by Gasteiger charge is 2.32. The van der Waals surface area contributed by atoms with Gasteiger partial charge in [0.1, 0.15) is 0 Å². The van der Waals surface area contributed by atoms with Gasteiger partial charge in [0.15, 0.2) is 0 Å². The molecule has 1 aromatic carbocycles. The van der Waals surface area contributed by atoms with Crippen LogP contribution in [-0.2, 0) is 13.6 Å². The van der Waals surface area contributed by atoms with Gasteiger partial charge in [0.2, 0.25) is 11.8 Å². The lowest BCUT2D eigenvalue weighted by Gasteiger charge is -2.29. The molecule has 3 aromatic heterocycles. The second kappa shape index (κ2) is 12.2. The van der Waals surface area contributed by atoms with Gasteiger partial charge in [-0.2, -0.15) is 5.10 Å². The number of amides is 1. The van der Waals surface area contributed by atoms with Crippen LogP contribution in [0.2, 0.25) is 0 Å². The Bertz CT molecular complexity index is 1650. The molecule has 2 atom stereocenters. The summed E-state index contributed by atoms with van der Waals surface area (Å²) in [6.45, 7) is 8.99. The highest BCUT2D eigenvalue weighted by molar-refractivity contribution is 6.05. The maximum absolute atomic E-state index is 13.8. The largest absolute Gasteiger partial charge is 0.477 e. The number of aromatic nitrogens is 5. The molecule has 232 valence electrons. The molecule has 2 aliphatic heterocycles. The van der Waals surface area contributed by atoms with Gasteiger partial charge in [-0.1, -0.05) is 6.42 Å². The molecule has 2 bridgehead atoms. The number of nitrogens with one attached hydrogen (secondary N) is 2. The van der Waals surface area contributed by atoms with E-state index in [2.05, 4.69) is 50.3 Å². The van der Waals surface area contributed by atoms with E-state index in [4.69, 9.17) is 14.7 Å². The van der Waals surface area contributed by atoms with Gasteiger partial charge in [0.05, 0.1) is 35.1 Å². The molecule has 1 amide bonds. The first-order valence-electron chi connectivity index (χ1n) is 16.4. The minimum atomic E-state index is -0.203. The van der Waals surface area contributed by atoms with Crippen LogP contribution in [0.3, 0.4) is 0 Å². The molecular formula is C34H44N8O2. The molecule has 1 saturated carbocycles. The van der Waals surface area contributed by atoms with E-state index >= 15 is 0 Å². The third kappa shape index (κ3) is 6.18. The summed E-state index contributed by atoms with van der Waals surface area (Å²) in [5.41, 5.74) is 5.75. The molecule has 3 aliphatic rings. The number of ether oxygens (including phenoxy) is 1. The summed E-state index contributed by atoms with van der Waals surface area (Å²) in [7, 11) is 1.88. The number of carbonyl (C=O) groups is 1. The molecule has 0 unspecified atom stereocenters. The minimum Gasteiger partial charge on any atom is -0.477 e. The Labute approximate surface area is 259 Å². The van der Waals surface area contributed by atoms with Crippen molar-refractivity contribution >= 4 is 28.6 Å². The number of anilines is 2. The van der Waals surface area contributed by atoms with E-state index in [1.165, 1.54) is 45.2 Å². The third-order valence-corrected chi connectivity index (χ3v) is 9.41.